The Bertz CT molecular complexity index is 916. The van der Waals surface area contributed by atoms with Crippen LogP contribution >= 0.6 is 0 Å². The summed E-state index contributed by atoms with van der Waals surface area (Å²) in [4.78, 5) is 14.5. The molecule has 0 bridgehead atoms. The number of fused-ring (bicyclic) bond motifs is 2. The Kier molecular flexibility index (Phi) is 4.30. The van der Waals surface area contributed by atoms with Gasteiger partial charge in [-0.2, -0.15) is 0 Å². The van der Waals surface area contributed by atoms with Crippen molar-refractivity contribution in [2.24, 2.45) is 0 Å². The Hall–Kier alpha value is -2.95. The molecule has 1 amide bonds. The molecule has 1 unspecified atom stereocenters. The molecular formula is C22H25N3O2. The standard InChI is InChI=1S/C22H25N3O2/c1-14(26)25-22(16-5-9-17(10-6-16)24(2)3)19-12-8-15-7-11-18(27-4)13-20(15)21(19)23-25/h5-7,9-11,13,22-23H,8,12H2,1-4H3. The molecule has 140 valence electrons. The van der Waals surface area contributed by atoms with Crippen LogP contribution in [0.15, 0.2) is 48.0 Å². The number of nitrogens with zero attached hydrogens (tertiary/aromatic N) is 2. The van der Waals surface area contributed by atoms with E-state index >= 15 is 0 Å². The van der Waals surface area contributed by atoms with Crippen molar-refractivity contribution in [1.82, 2.24) is 10.4 Å². The Morgan fingerprint density at radius 3 is 2.52 bits per heavy atom. The van der Waals surface area contributed by atoms with Crippen LogP contribution in [-0.4, -0.2) is 32.1 Å². The van der Waals surface area contributed by atoms with Gasteiger partial charge in [0, 0.05) is 32.3 Å². The minimum atomic E-state index is -0.0759. The molecule has 1 N–H and O–H groups in total. The molecule has 1 atom stereocenters. The number of nitrogens with one attached hydrogen (secondary N) is 1. The highest BCUT2D eigenvalue weighted by Crippen LogP contribution is 2.44. The largest absolute Gasteiger partial charge is 0.497 e. The smallest absolute Gasteiger partial charge is 0.238 e. The molecule has 0 fully saturated rings. The fourth-order valence-electron chi connectivity index (χ4n) is 4.01. The number of rotatable bonds is 3. The zero-order chi connectivity index (χ0) is 19.1. The maximum atomic E-state index is 12.4. The zero-order valence-electron chi connectivity index (χ0n) is 16.2. The van der Waals surface area contributed by atoms with Gasteiger partial charge in [0.2, 0.25) is 5.91 Å². The summed E-state index contributed by atoms with van der Waals surface area (Å²) in [5.74, 6) is 0.841. The van der Waals surface area contributed by atoms with E-state index in [1.807, 2.05) is 20.2 Å². The number of benzene rings is 2. The first-order valence-corrected chi connectivity index (χ1v) is 9.23. The number of aryl methyl sites for hydroxylation is 1. The van der Waals surface area contributed by atoms with Crippen molar-refractivity contribution in [3.05, 3.63) is 64.7 Å². The molecule has 0 saturated heterocycles. The molecule has 0 saturated carbocycles. The molecule has 0 aromatic heterocycles. The van der Waals surface area contributed by atoms with Gasteiger partial charge < -0.3 is 9.64 Å². The van der Waals surface area contributed by atoms with E-state index in [0.717, 1.165) is 41.1 Å². The van der Waals surface area contributed by atoms with Gasteiger partial charge in [0.25, 0.3) is 0 Å². The minimum Gasteiger partial charge on any atom is -0.497 e. The maximum Gasteiger partial charge on any atom is 0.238 e. The fraction of sp³-hybridized carbons (Fsp3) is 0.318. The number of amides is 1. The average Bonchev–Trinajstić information content (AvgIpc) is 3.08. The highest BCUT2D eigenvalue weighted by atomic mass is 16.5. The van der Waals surface area contributed by atoms with E-state index in [9.17, 15) is 4.79 Å². The predicted octanol–water partition coefficient (Wildman–Crippen LogP) is 3.53. The molecule has 1 heterocycles. The maximum absolute atomic E-state index is 12.4. The van der Waals surface area contributed by atoms with Gasteiger partial charge in [0.05, 0.1) is 12.8 Å². The first-order chi connectivity index (χ1) is 13.0. The van der Waals surface area contributed by atoms with Crippen LogP contribution in [0.25, 0.3) is 5.70 Å². The van der Waals surface area contributed by atoms with Crippen LogP contribution in [-0.2, 0) is 11.2 Å². The Morgan fingerprint density at radius 2 is 1.89 bits per heavy atom. The van der Waals surface area contributed by atoms with Gasteiger partial charge in [-0.15, -0.1) is 0 Å². The summed E-state index contributed by atoms with van der Waals surface area (Å²) in [5, 5.41) is 1.75. The molecule has 1 aliphatic carbocycles. The second-order valence-corrected chi connectivity index (χ2v) is 7.31. The van der Waals surface area contributed by atoms with E-state index in [-0.39, 0.29) is 11.9 Å². The summed E-state index contributed by atoms with van der Waals surface area (Å²) in [7, 11) is 5.74. The molecule has 2 aromatic rings. The number of anilines is 1. The van der Waals surface area contributed by atoms with Gasteiger partial charge in [-0.3, -0.25) is 10.2 Å². The second kappa shape index (κ2) is 6.65. The monoisotopic (exact) mass is 363 g/mol. The second-order valence-electron chi connectivity index (χ2n) is 7.31. The molecule has 27 heavy (non-hydrogen) atoms. The third kappa shape index (κ3) is 2.93. The van der Waals surface area contributed by atoms with E-state index in [1.54, 1.807) is 19.0 Å². The van der Waals surface area contributed by atoms with Crippen molar-refractivity contribution in [3.63, 3.8) is 0 Å². The first-order valence-electron chi connectivity index (χ1n) is 9.23. The predicted molar refractivity (Wildman–Crippen MR) is 107 cm³/mol. The number of ether oxygens (including phenoxy) is 1. The lowest BCUT2D eigenvalue weighted by Crippen LogP contribution is -2.38. The zero-order valence-corrected chi connectivity index (χ0v) is 16.2. The van der Waals surface area contributed by atoms with Crippen LogP contribution in [0.2, 0.25) is 0 Å². The van der Waals surface area contributed by atoms with Crippen molar-refractivity contribution in [2.75, 3.05) is 26.1 Å². The molecular weight excluding hydrogens is 338 g/mol. The van der Waals surface area contributed by atoms with Crippen LogP contribution in [0.3, 0.4) is 0 Å². The van der Waals surface area contributed by atoms with E-state index in [2.05, 4.69) is 46.7 Å². The van der Waals surface area contributed by atoms with Gasteiger partial charge in [0.1, 0.15) is 11.8 Å². The van der Waals surface area contributed by atoms with Crippen molar-refractivity contribution in [1.29, 1.82) is 0 Å². The van der Waals surface area contributed by atoms with E-state index in [1.165, 1.54) is 11.1 Å². The lowest BCUT2D eigenvalue weighted by Gasteiger charge is -2.26. The lowest BCUT2D eigenvalue weighted by molar-refractivity contribution is -0.132. The number of hydrogen-bond acceptors (Lipinski definition) is 4. The van der Waals surface area contributed by atoms with Crippen LogP contribution in [0.4, 0.5) is 5.69 Å². The van der Waals surface area contributed by atoms with E-state index in [4.69, 9.17) is 4.74 Å². The number of methoxy groups -OCH3 is 1. The molecule has 4 rings (SSSR count). The molecule has 1 aliphatic heterocycles. The van der Waals surface area contributed by atoms with Crippen molar-refractivity contribution in [2.45, 2.75) is 25.8 Å². The quantitative estimate of drug-likeness (QED) is 0.906. The van der Waals surface area contributed by atoms with Gasteiger partial charge in [-0.25, -0.2) is 5.01 Å². The van der Waals surface area contributed by atoms with Crippen molar-refractivity contribution in [3.8, 4) is 5.75 Å². The Labute approximate surface area is 160 Å². The van der Waals surface area contributed by atoms with Crippen LogP contribution in [0, 0.1) is 0 Å². The van der Waals surface area contributed by atoms with Crippen LogP contribution in [0.5, 0.6) is 5.75 Å². The molecule has 2 aromatic carbocycles. The van der Waals surface area contributed by atoms with Crippen molar-refractivity contribution >= 4 is 17.3 Å². The summed E-state index contributed by atoms with van der Waals surface area (Å²) in [6.07, 6.45) is 1.91. The lowest BCUT2D eigenvalue weighted by atomic mass is 9.85. The molecule has 5 heteroatoms. The first kappa shape index (κ1) is 17.5. The summed E-state index contributed by atoms with van der Waals surface area (Å²) in [6, 6.07) is 14.6. The van der Waals surface area contributed by atoms with Crippen LogP contribution in [0.1, 0.15) is 36.1 Å². The summed E-state index contributed by atoms with van der Waals surface area (Å²) < 4.78 is 5.41. The number of carbonyl (C=O) groups excluding carboxylic acids is 1. The Morgan fingerprint density at radius 1 is 1.15 bits per heavy atom. The number of hydrazine groups is 1. The molecule has 2 aliphatic rings. The topological polar surface area (TPSA) is 44.8 Å². The van der Waals surface area contributed by atoms with Gasteiger partial charge in [-0.1, -0.05) is 18.2 Å². The number of carbonyl (C=O) groups is 1. The molecule has 0 spiro atoms. The van der Waals surface area contributed by atoms with E-state index in [0.29, 0.717) is 0 Å². The van der Waals surface area contributed by atoms with Gasteiger partial charge in [-0.05, 0) is 53.8 Å². The Balaban J connectivity index is 1.79. The highest BCUT2D eigenvalue weighted by molar-refractivity contribution is 5.82. The van der Waals surface area contributed by atoms with E-state index < -0.39 is 0 Å². The van der Waals surface area contributed by atoms with Gasteiger partial charge in [0.15, 0.2) is 0 Å². The highest BCUT2D eigenvalue weighted by Gasteiger charge is 2.38. The van der Waals surface area contributed by atoms with Gasteiger partial charge >= 0.3 is 0 Å². The molecule has 0 radical (unpaired) electrons. The third-order valence-electron chi connectivity index (χ3n) is 5.46. The van der Waals surface area contributed by atoms with Crippen LogP contribution < -0.4 is 15.1 Å². The summed E-state index contributed by atoms with van der Waals surface area (Å²) in [6.45, 7) is 1.61. The average molecular weight is 363 g/mol. The minimum absolute atomic E-state index is 0.00975. The van der Waals surface area contributed by atoms with Crippen molar-refractivity contribution < 1.29 is 9.53 Å². The SMILES string of the molecule is COc1ccc2c(c1)C1=C(CC2)C(c2ccc(N(C)C)cc2)N(C(C)=O)N1. The number of hydrogen-bond donors (Lipinski definition) is 1. The normalized spacial score (nSPS) is 17.9. The summed E-state index contributed by atoms with van der Waals surface area (Å²) in [5.41, 5.74) is 10.4. The third-order valence-corrected chi connectivity index (χ3v) is 5.46. The molecule has 5 nitrogen and oxygen atoms in total. The fourth-order valence-corrected chi connectivity index (χ4v) is 4.01. The summed E-state index contributed by atoms with van der Waals surface area (Å²) >= 11 is 0.